The van der Waals surface area contributed by atoms with Crippen molar-refractivity contribution in [2.75, 3.05) is 12.3 Å². The van der Waals surface area contributed by atoms with Crippen molar-refractivity contribution in [3.63, 3.8) is 0 Å². The number of carbonyl (C=O) groups excluding carboxylic acids is 1. The van der Waals surface area contributed by atoms with Gasteiger partial charge < -0.3 is 10.5 Å². The number of halogens is 2. The lowest BCUT2D eigenvalue weighted by Crippen LogP contribution is -2.07. The van der Waals surface area contributed by atoms with Crippen LogP contribution in [0.4, 0.5) is 10.1 Å². The number of nitrogens with two attached hydrogens (primary N) is 1. The number of ether oxygens (including phenoxy) is 1. The second-order valence-electron chi connectivity index (χ2n) is 2.58. The van der Waals surface area contributed by atoms with Gasteiger partial charge in [0.05, 0.1) is 16.6 Å². The van der Waals surface area contributed by atoms with E-state index in [9.17, 15) is 9.18 Å². The van der Waals surface area contributed by atoms with Gasteiger partial charge in [-0.15, -0.1) is 0 Å². The van der Waals surface area contributed by atoms with Crippen molar-refractivity contribution in [1.82, 2.24) is 0 Å². The summed E-state index contributed by atoms with van der Waals surface area (Å²) < 4.78 is 18.0. The van der Waals surface area contributed by atoms with E-state index in [0.717, 1.165) is 12.1 Å². The molecular formula is C9H9BrFNO2. The molecule has 0 heterocycles. The van der Waals surface area contributed by atoms with Crippen LogP contribution in [0.15, 0.2) is 16.6 Å². The molecule has 0 saturated heterocycles. The highest BCUT2D eigenvalue weighted by Gasteiger charge is 2.14. The minimum atomic E-state index is -0.592. The molecule has 1 aromatic carbocycles. The molecule has 0 bridgehead atoms. The highest BCUT2D eigenvalue weighted by atomic mass is 79.9. The number of nitrogen functional groups attached to an aromatic ring is 1. The highest BCUT2D eigenvalue weighted by molar-refractivity contribution is 9.10. The van der Waals surface area contributed by atoms with E-state index < -0.39 is 11.8 Å². The van der Waals surface area contributed by atoms with Crippen LogP contribution >= 0.6 is 15.9 Å². The number of hydrogen-bond acceptors (Lipinski definition) is 3. The second-order valence-corrected chi connectivity index (χ2v) is 3.37. The quantitative estimate of drug-likeness (QED) is 0.657. The van der Waals surface area contributed by atoms with Crippen LogP contribution in [-0.2, 0) is 4.74 Å². The number of rotatable bonds is 2. The Morgan fingerprint density at radius 3 is 2.86 bits per heavy atom. The van der Waals surface area contributed by atoms with Gasteiger partial charge in [-0.25, -0.2) is 9.18 Å². The average Bonchev–Trinajstić information content (AvgIpc) is 2.11. The van der Waals surface area contributed by atoms with Crippen molar-refractivity contribution in [1.29, 1.82) is 0 Å². The predicted molar refractivity (Wildman–Crippen MR) is 54.5 cm³/mol. The summed E-state index contributed by atoms with van der Waals surface area (Å²) in [4.78, 5) is 11.3. The van der Waals surface area contributed by atoms with Crippen molar-refractivity contribution < 1.29 is 13.9 Å². The van der Waals surface area contributed by atoms with Gasteiger partial charge >= 0.3 is 5.97 Å². The molecule has 0 amide bonds. The first kappa shape index (κ1) is 11.0. The van der Waals surface area contributed by atoms with E-state index >= 15 is 0 Å². The third kappa shape index (κ3) is 2.23. The van der Waals surface area contributed by atoms with E-state index in [0.29, 0.717) is 4.47 Å². The maximum Gasteiger partial charge on any atom is 0.339 e. The fraction of sp³-hybridized carbons (Fsp3) is 0.222. The van der Waals surface area contributed by atoms with Crippen molar-refractivity contribution in [3.8, 4) is 0 Å². The van der Waals surface area contributed by atoms with Crippen molar-refractivity contribution in [3.05, 3.63) is 28.0 Å². The lowest BCUT2D eigenvalue weighted by Gasteiger charge is -2.06. The predicted octanol–water partition coefficient (Wildman–Crippen LogP) is 2.35. The Hall–Kier alpha value is -1.10. The summed E-state index contributed by atoms with van der Waals surface area (Å²) in [5.41, 5.74) is 5.74. The van der Waals surface area contributed by atoms with E-state index in [1.165, 1.54) is 0 Å². The molecule has 0 fully saturated rings. The summed E-state index contributed by atoms with van der Waals surface area (Å²) in [5.74, 6) is -1.15. The van der Waals surface area contributed by atoms with Crippen LogP contribution in [0.25, 0.3) is 0 Å². The van der Waals surface area contributed by atoms with Crippen LogP contribution in [0.1, 0.15) is 17.3 Å². The minimum absolute atomic E-state index is 0.101. The molecule has 0 aromatic heterocycles. The van der Waals surface area contributed by atoms with E-state index in [4.69, 9.17) is 10.5 Å². The average molecular weight is 262 g/mol. The molecule has 14 heavy (non-hydrogen) atoms. The fourth-order valence-electron chi connectivity index (χ4n) is 0.968. The molecule has 0 atom stereocenters. The Balaban J connectivity index is 3.13. The van der Waals surface area contributed by atoms with E-state index in [1.54, 1.807) is 6.92 Å². The molecule has 3 nitrogen and oxygen atoms in total. The lowest BCUT2D eigenvalue weighted by atomic mass is 10.2. The number of benzene rings is 1. The van der Waals surface area contributed by atoms with Gasteiger partial charge in [0.2, 0.25) is 0 Å². The molecule has 0 spiro atoms. The number of hydrogen-bond donors (Lipinski definition) is 1. The van der Waals surface area contributed by atoms with E-state index in [2.05, 4.69) is 15.9 Å². The Bertz CT molecular complexity index is 368. The van der Waals surface area contributed by atoms with Gasteiger partial charge in [0, 0.05) is 5.69 Å². The topological polar surface area (TPSA) is 52.3 Å². The molecule has 1 rings (SSSR count). The van der Waals surface area contributed by atoms with Gasteiger partial charge in [-0.1, -0.05) is 0 Å². The smallest absolute Gasteiger partial charge is 0.339 e. The number of anilines is 1. The van der Waals surface area contributed by atoms with Gasteiger partial charge in [-0.2, -0.15) is 0 Å². The monoisotopic (exact) mass is 261 g/mol. The summed E-state index contributed by atoms with van der Waals surface area (Å²) in [6, 6.07) is 2.21. The van der Waals surface area contributed by atoms with Gasteiger partial charge in [-0.3, -0.25) is 0 Å². The largest absolute Gasteiger partial charge is 0.462 e. The molecule has 0 unspecified atom stereocenters. The SMILES string of the molecule is CCOC(=O)c1cc(F)cc(N)c1Br. The van der Waals surface area contributed by atoms with E-state index in [1.807, 2.05) is 0 Å². The van der Waals surface area contributed by atoms with Crippen LogP contribution in [0.3, 0.4) is 0 Å². The third-order valence-corrected chi connectivity index (χ3v) is 2.45. The maximum atomic E-state index is 12.9. The van der Waals surface area contributed by atoms with Crippen LogP contribution in [0, 0.1) is 5.82 Å². The molecule has 2 N–H and O–H groups in total. The van der Waals surface area contributed by atoms with Crippen LogP contribution in [-0.4, -0.2) is 12.6 Å². The Morgan fingerprint density at radius 1 is 1.64 bits per heavy atom. The fourth-order valence-corrected chi connectivity index (χ4v) is 1.36. The molecule has 0 aliphatic carbocycles. The first-order chi connectivity index (χ1) is 6.56. The van der Waals surface area contributed by atoms with E-state index in [-0.39, 0.29) is 17.9 Å². The zero-order valence-electron chi connectivity index (χ0n) is 7.51. The van der Waals surface area contributed by atoms with Gasteiger partial charge in [0.1, 0.15) is 5.82 Å². The molecule has 76 valence electrons. The van der Waals surface area contributed by atoms with Crippen LogP contribution in [0.5, 0.6) is 0 Å². The Morgan fingerprint density at radius 2 is 2.29 bits per heavy atom. The normalized spacial score (nSPS) is 9.93. The molecule has 0 aliphatic heterocycles. The maximum absolute atomic E-state index is 12.9. The molecule has 0 saturated carbocycles. The molecular weight excluding hydrogens is 253 g/mol. The number of carbonyl (C=O) groups is 1. The van der Waals surface area contributed by atoms with Crippen LogP contribution < -0.4 is 5.73 Å². The summed E-state index contributed by atoms with van der Waals surface area (Å²) in [5, 5.41) is 0. The van der Waals surface area contributed by atoms with Gasteiger partial charge in [0.25, 0.3) is 0 Å². The molecule has 5 heteroatoms. The van der Waals surface area contributed by atoms with Crippen molar-refractivity contribution >= 4 is 27.6 Å². The summed E-state index contributed by atoms with van der Waals surface area (Å²) in [6.07, 6.45) is 0. The van der Waals surface area contributed by atoms with Crippen molar-refractivity contribution in [2.45, 2.75) is 6.92 Å². The molecule has 0 aliphatic rings. The van der Waals surface area contributed by atoms with Gasteiger partial charge in [-0.05, 0) is 35.0 Å². The summed E-state index contributed by atoms with van der Waals surface area (Å²) in [7, 11) is 0. The third-order valence-electron chi connectivity index (χ3n) is 1.56. The number of esters is 1. The second kappa shape index (κ2) is 4.41. The molecule has 0 radical (unpaired) electrons. The van der Waals surface area contributed by atoms with Gasteiger partial charge in [0.15, 0.2) is 0 Å². The lowest BCUT2D eigenvalue weighted by molar-refractivity contribution is 0.0525. The zero-order valence-corrected chi connectivity index (χ0v) is 9.10. The van der Waals surface area contributed by atoms with Crippen LogP contribution in [0.2, 0.25) is 0 Å². The van der Waals surface area contributed by atoms with Crippen molar-refractivity contribution in [2.24, 2.45) is 0 Å². The Kier molecular flexibility index (Phi) is 3.46. The standard InChI is InChI=1S/C9H9BrFNO2/c1-2-14-9(13)6-3-5(11)4-7(12)8(6)10/h3-4H,2,12H2,1H3. The highest BCUT2D eigenvalue weighted by Crippen LogP contribution is 2.25. The molecule has 1 aromatic rings. The minimum Gasteiger partial charge on any atom is -0.462 e. The summed E-state index contributed by atoms with van der Waals surface area (Å²) >= 11 is 3.09. The Labute approximate surface area is 89.2 Å². The first-order valence-corrected chi connectivity index (χ1v) is 4.77. The zero-order chi connectivity index (χ0) is 10.7. The first-order valence-electron chi connectivity index (χ1n) is 3.98. The summed E-state index contributed by atoms with van der Waals surface area (Å²) in [6.45, 7) is 1.91.